The molecular weight excluding hydrogens is 436 g/mol. The van der Waals surface area contributed by atoms with Gasteiger partial charge in [0, 0.05) is 18.2 Å². The Bertz CT molecular complexity index is 1170. The summed E-state index contributed by atoms with van der Waals surface area (Å²) >= 11 is 0. The van der Waals surface area contributed by atoms with Crippen LogP contribution >= 0.6 is 0 Å². The van der Waals surface area contributed by atoms with Crippen molar-refractivity contribution in [3.63, 3.8) is 0 Å². The van der Waals surface area contributed by atoms with E-state index in [0.717, 1.165) is 16.7 Å². The van der Waals surface area contributed by atoms with Crippen LogP contribution in [0.1, 0.15) is 21.5 Å². The first-order valence-electron chi connectivity index (χ1n) is 10.5. The van der Waals surface area contributed by atoms with Gasteiger partial charge in [0.25, 0.3) is 0 Å². The van der Waals surface area contributed by atoms with Gasteiger partial charge < -0.3 is 28.4 Å². The normalized spacial score (nSPS) is 10.7. The lowest BCUT2D eigenvalue weighted by Crippen LogP contribution is -2.04. The quantitative estimate of drug-likeness (QED) is 0.228. The van der Waals surface area contributed by atoms with E-state index < -0.39 is 5.97 Å². The van der Waals surface area contributed by atoms with Gasteiger partial charge in [-0.25, -0.2) is 4.79 Å². The molecule has 3 rings (SSSR count). The minimum absolute atomic E-state index is 0.126. The maximum absolute atomic E-state index is 12.4. The highest BCUT2D eigenvalue weighted by Gasteiger charge is 2.17. The molecule has 3 aromatic carbocycles. The number of rotatable bonds is 10. The van der Waals surface area contributed by atoms with Crippen LogP contribution in [0.3, 0.4) is 0 Å². The molecule has 0 aromatic heterocycles. The molecule has 0 fully saturated rings. The molecule has 0 saturated heterocycles. The van der Waals surface area contributed by atoms with Gasteiger partial charge in [0.1, 0.15) is 11.5 Å². The molecule has 0 aliphatic carbocycles. The fraction of sp³-hybridized carbons (Fsp3) is 0.222. The molecular formula is C27H28O7. The second kappa shape index (κ2) is 11.8. The number of esters is 1. The number of hydrogen-bond acceptors (Lipinski definition) is 7. The summed E-state index contributed by atoms with van der Waals surface area (Å²) in [6.45, 7) is 0.126. The summed E-state index contributed by atoms with van der Waals surface area (Å²) in [6.07, 6.45) is 3.92. The van der Waals surface area contributed by atoms with Crippen LogP contribution in [0.25, 0.3) is 23.3 Å². The van der Waals surface area contributed by atoms with Crippen LogP contribution in [0, 0.1) is 0 Å². The van der Waals surface area contributed by atoms with Crippen LogP contribution in [-0.2, 0) is 9.47 Å². The van der Waals surface area contributed by atoms with Crippen molar-refractivity contribution in [1.29, 1.82) is 0 Å². The van der Waals surface area contributed by atoms with Gasteiger partial charge >= 0.3 is 5.97 Å². The van der Waals surface area contributed by atoms with Gasteiger partial charge in [0.05, 0.1) is 34.0 Å². The third-order valence-electron chi connectivity index (χ3n) is 5.14. The lowest BCUT2D eigenvalue weighted by atomic mass is 9.97. The Kier molecular flexibility index (Phi) is 8.54. The molecule has 178 valence electrons. The molecule has 7 heteroatoms. The van der Waals surface area contributed by atoms with Crippen molar-refractivity contribution < 1.29 is 33.2 Å². The molecule has 7 nitrogen and oxygen atoms in total. The lowest BCUT2D eigenvalue weighted by Gasteiger charge is -2.14. The lowest BCUT2D eigenvalue weighted by molar-refractivity contribution is 0.0491. The molecule has 0 aliphatic rings. The van der Waals surface area contributed by atoms with Crippen molar-refractivity contribution in [3.8, 4) is 34.1 Å². The van der Waals surface area contributed by atoms with E-state index in [-0.39, 0.29) is 6.79 Å². The number of ether oxygens (including phenoxy) is 6. The fourth-order valence-electron chi connectivity index (χ4n) is 3.42. The number of methoxy groups -OCH3 is 5. The van der Waals surface area contributed by atoms with Gasteiger partial charge in [-0.3, -0.25) is 0 Å². The van der Waals surface area contributed by atoms with E-state index in [2.05, 4.69) is 0 Å². The summed E-state index contributed by atoms with van der Waals surface area (Å²) in [4.78, 5) is 12.4. The van der Waals surface area contributed by atoms with Gasteiger partial charge in [0.15, 0.2) is 18.3 Å². The van der Waals surface area contributed by atoms with E-state index >= 15 is 0 Å². The zero-order chi connectivity index (χ0) is 24.5. The van der Waals surface area contributed by atoms with E-state index in [1.807, 2.05) is 54.6 Å². The second-order valence-electron chi connectivity index (χ2n) is 7.16. The van der Waals surface area contributed by atoms with E-state index in [9.17, 15) is 4.79 Å². The average Bonchev–Trinajstić information content (AvgIpc) is 2.89. The molecule has 0 spiro atoms. The minimum atomic E-state index is -0.453. The SMILES string of the molecule is COCOc1cc(/C=C/c2ccc(-c3ccc(OC)cc3C(=O)OC)c(OC)c2)ccc1OC. The third kappa shape index (κ3) is 5.68. The average molecular weight is 465 g/mol. The predicted octanol–water partition coefficient (Wildman–Crippen LogP) is 5.32. The van der Waals surface area contributed by atoms with Gasteiger partial charge in [-0.05, 0) is 47.5 Å². The molecule has 0 unspecified atom stereocenters. The van der Waals surface area contributed by atoms with Crippen LogP contribution in [0.5, 0.6) is 23.0 Å². The first kappa shape index (κ1) is 24.7. The Balaban J connectivity index is 1.94. The highest BCUT2D eigenvalue weighted by Crippen LogP contribution is 2.36. The summed E-state index contributed by atoms with van der Waals surface area (Å²) in [7, 11) is 7.64. The molecule has 0 aliphatic heterocycles. The maximum Gasteiger partial charge on any atom is 0.338 e. The second-order valence-corrected chi connectivity index (χ2v) is 7.16. The Morgan fingerprint density at radius 3 is 1.97 bits per heavy atom. The highest BCUT2D eigenvalue weighted by atomic mass is 16.7. The van der Waals surface area contributed by atoms with Gasteiger partial charge in [-0.2, -0.15) is 0 Å². The molecule has 0 saturated carbocycles. The van der Waals surface area contributed by atoms with E-state index in [4.69, 9.17) is 28.4 Å². The number of benzene rings is 3. The summed E-state index contributed by atoms with van der Waals surface area (Å²) in [6, 6.07) is 16.7. The fourth-order valence-corrected chi connectivity index (χ4v) is 3.42. The maximum atomic E-state index is 12.4. The van der Waals surface area contributed by atoms with Gasteiger partial charge in [-0.1, -0.05) is 30.4 Å². The monoisotopic (exact) mass is 464 g/mol. The highest BCUT2D eigenvalue weighted by molar-refractivity contribution is 5.98. The molecule has 0 atom stereocenters. The smallest absolute Gasteiger partial charge is 0.338 e. The first-order chi connectivity index (χ1) is 16.5. The Morgan fingerprint density at radius 2 is 1.35 bits per heavy atom. The molecule has 34 heavy (non-hydrogen) atoms. The van der Waals surface area contributed by atoms with Gasteiger partial charge in [-0.15, -0.1) is 0 Å². The third-order valence-corrected chi connectivity index (χ3v) is 5.14. The van der Waals surface area contributed by atoms with Crippen molar-refractivity contribution >= 4 is 18.1 Å². The molecule has 0 radical (unpaired) electrons. The molecule has 0 amide bonds. The standard InChI is InChI=1S/C27H28O7/c1-29-17-34-26-15-19(9-13-24(26)31-3)7-6-18-8-11-22(25(14-18)32-4)21-12-10-20(30-2)16-23(21)27(28)33-5/h6-16H,17H2,1-5H3/b7-6+. The van der Waals surface area contributed by atoms with Crippen molar-refractivity contribution in [2.75, 3.05) is 42.3 Å². The first-order valence-corrected chi connectivity index (χ1v) is 10.5. The van der Waals surface area contributed by atoms with Crippen molar-refractivity contribution in [1.82, 2.24) is 0 Å². The molecule has 0 N–H and O–H groups in total. The molecule has 3 aromatic rings. The summed E-state index contributed by atoms with van der Waals surface area (Å²) < 4.78 is 31.8. The van der Waals surface area contributed by atoms with Crippen molar-refractivity contribution in [2.24, 2.45) is 0 Å². The number of carbonyl (C=O) groups excluding carboxylic acids is 1. The Hall–Kier alpha value is -3.97. The Morgan fingerprint density at radius 1 is 0.706 bits per heavy atom. The summed E-state index contributed by atoms with van der Waals surface area (Å²) in [5.41, 5.74) is 3.70. The topological polar surface area (TPSA) is 72.5 Å². The predicted molar refractivity (Wildman–Crippen MR) is 131 cm³/mol. The summed E-state index contributed by atoms with van der Waals surface area (Å²) in [5.74, 6) is 1.95. The van der Waals surface area contributed by atoms with Crippen molar-refractivity contribution in [2.45, 2.75) is 0 Å². The zero-order valence-corrected chi connectivity index (χ0v) is 19.9. The summed E-state index contributed by atoms with van der Waals surface area (Å²) in [5, 5.41) is 0. The van der Waals surface area contributed by atoms with Crippen molar-refractivity contribution in [3.05, 3.63) is 71.3 Å². The van der Waals surface area contributed by atoms with Gasteiger partial charge in [0.2, 0.25) is 0 Å². The van der Waals surface area contributed by atoms with E-state index in [1.165, 1.54) is 7.11 Å². The van der Waals surface area contributed by atoms with Crippen LogP contribution in [-0.4, -0.2) is 48.3 Å². The van der Waals surface area contributed by atoms with Crippen LogP contribution < -0.4 is 18.9 Å². The number of carbonyl (C=O) groups is 1. The van der Waals surface area contributed by atoms with Crippen LogP contribution in [0.2, 0.25) is 0 Å². The largest absolute Gasteiger partial charge is 0.497 e. The van der Waals surface area contributed by atoms with E-state index in [1.54, 1.807) is 40.6 Å². The van der Waals surface area contributed by atoms with Crippen LogP contribution in [0.4, 0.5) is 0 Å². The molecule has 0 heterocycles. The molecule has 0 bridgehead atoms. The number of hydrogen-bond donors (Lipinski definition) is 0. The Labute approximate surface area is 199 Å². The zero-order valence-electron chi connectivity index (χ0n) is 19.9. The van der Waals surface area contributed by atoms with E-state index in [0.29, 0.717) is 34.1 Å². The minimum Gasteiger partial charge on any atom is -0.497 e. The van der Waals surface area contributed by atoms with Crippen LogP contribution in [0.15, 0.2) is 54.6 Å².